The van der Waals surface area contributed by atoms with Crippen LogP contribution in [0, 0.1) is 12.8 Å². The van der Waals surface area contributed by atoms with Crippen molar-refractivity contribution in [2.24, 2.45) is 11.0 Å². The van der Waals surface area contributed by atoms with Gasteiger partial charge < -0.3 is 0 Å². The van der Waals surface area contributed by atoms with Gasteiger partial charge in [-0.2, -0.15) is 4.98 Å². The fraction of sp³-hybridized carbons (Fsp3) is 0.400. The van der Waals surface area contributed by atoms with Crippen LogP contribution in [0.3, 0.4) is 0 Å². The van der Waals surface area contributed by atoms with Crippen LogP contribution in [0.2, 0.25) is 0 Å². The van der Waals surface area contributed by atoms with Gasteiger partial charge in [-0.05, 0) is 13.8 Å². The Hall–Kier alpha value is -1.78. The highest BCUT2D eigenvalue weighted by molar-refractivity contribution is 7.13. The maximum Gasteiger partial charge on any atom is 0.318 e. The highest BCUT2D eigenvalue weighted by atomic mass is 32.1. The van der Waals surface area contributed by atoms with Crippen LogP contribution in [0.4, 0.5) is 5.13 Å². The van der Waals surface area contributed by atoms with E-state index in [2.05, 4.69) is 70.3 Å². The molecule has 1 aliphatic rings. The Morgan fingerprint density at radius 3 is 2.46 bits per heavy atom. The first-order valence-corrected chi connectivity index (χ1v) is 9.54. The molecule has 3 nitrogen and oxygen atoms in total. The maximum absolute atomic E-state index is 5.00. The van der Waals surface area contributed by atoms with Crippen LogP contribution < -0.4 is 4.59 Å². The van der Waals surface area contributed by atoms with E-state index in [0.717, 1.165) is 17.2 Å². The summed E-state index contributed by atoms with van der Waals surface area (Å²) in [4.78, 5) is 5.00. The third-order valence-electron chi connectivity index (χ3n) is 5.00. The number of hydrogen-bond acceptors (Lipinski definition) is 3. The monoisotopic (exact) mass is 340 g/mol. The molecule has 0 fully saturated rings. The van der Waals surface area contributed by atoms with E-state index in [1.807, 2.05) is 6.21 Å². The van der Waals surface area contributed by atoms with Crippen LogP contribution in [-0.4, -0.2) is 17.2 Å². The maximum atomic E-state index is 5.00. The first-order chi connectivity index (χ1) is 11.5. The van der Waals surface area contributed by atoms with Crippen LogP contribution in [0.25, 0.3) is 11.3 Å². The van der Waals surface area contributed by atoms with E-state index >= 15 is 0 Å². The van der Waals surface area contributed by atoms with E-state index in [-0.39, 0.29) is 0 Å². The average Bonchev–Trinajstić information content (AvgIpc) is 3.22. The summed E-state index contributed by atoms with van der Waals surface area (Å²) in [5, 5.41) is 8.12. The van der Waals surface area contributed by atoms with Crippen molar-refractivity contribution >= 4 is 22.7 Å². The molecular formula is C20H26N3S+. The van der Waals surface area contributed by atoms with Gasteiger partial charge in [-0.15, -0.1) is 4.59 Å². The molecule has 0 N–H and O–H groups in total. The fourth-order valence-electron chi connectivity index (χ4n) is 3.19. The molecule has 1 aliphatic heterocycles. The van der Waals surface area contributed by atoms with Crippen molar-refractivity contribution in [1.82, 2.24) is 9.58 Å². The number of aryl methyl sites for hydroxylation is 1. The van der Waals surface area contributed by atoms with Crippen LogP contribution >= 0.6 is 11.3 Å². The van der Waals surface area contributed by atoms with E-state index in [1.54, 1.807) is 11.3 Å². The third kappa shape index (κ3) is 2.74. The van der Waals surface area contributed by atoms with E-state index in [9.17, 15) is 0 Å². The second-order valence-electron chi connectivity index (χ2n) is 6.83. The van der Waals surface area contributed by atoms with Crippen molar-refractivity contribution in [1.29, 1.82) is 0 Å². The van der Waals surface area contributed by atoms with Crippen molar-refractivity contribution in [2.45, 2.75) is 47.1 Å². The van der Waals surface area contributed by atoms with Crippen LogP contribution in [0.15, 0.2) is 46.5 Å². The van der Waals surface area contributed by atoms with E-state index in [1.165, 1.54) is 16.8 Å². The Bertz CT molecular complexity index is 770. The molecule has 3 rings (SSSR count). The Kier molecular flexibility index (Phi) is 4.70. The highest BCUT2D eigenvalue weighted by Crippen LogP contribution is 2.42. The lowest BCUT2D eigenvalue weighted by molar-refractivity contribution is 0.226. The fourth-order valence-corrected chi connectivity index (χ4v) is 4.24. The number of aromatic nitrogens is 1. The third-order valence-corrected chi connectivity index (χ3v) is 5.92. The van der Waals surface area contributed by atoms with Gasteiger partial charge in [-0.1, -0.05) is 67.0 Å². The molecular weight excluding hydrogens is 314 g/mol. The normalized spacial score (nSPS) is 21.3. The molecule has 126 valence electrons. The Labute approximate surface area is 149 Å². The van der Waals surface area contributed by atoms with Gasteiger partial charge in [0.05, 0.1) is 11.9 Å². The van der Waals surface area contributed by atoms with Gasteiger partial charge in [0.25, 0.3) is 0 Å². The summed E-state index contributed by atoms with van der Waals surface area (Å²) in [5.41, 5.74) is 4.80. The summed E-state index contributed by atoms with van der Waals surface area (Å²) in [5.74, 6) is 0.516. The molecule has 0 saturated heterocycles. The van der Waals surface area contributed by atoms with E-state index in [4.69, 9.17) is 10.1 Å². The molecule has 1 aromatic heterocycles. The number of quaternary nitrogens is 1. The van der Waals surface area contributed by atoms with E-state index < -0.39 is 0 Å². The van der Waals surface area contributed by atoms with E-state index in [0.29, 0.717) is 16.6 Å². The van der Waals surface area contributed by atoms with Crippen molar-refractivity contribution < 1.29 is 0 Å². The van der Waals surface area contributed by atoms with Crippen molar-refractivity contribution in [2.75, 3.05) is 0 Å². The molecule has 2 atom stereocenters. The lowest BCUT2D eigenvalue weighted by atomic mass is 10.0. The molecule has 0 aliphatic carbocycles. The second-order valence-corrected chi connectivity index (χ2v) is 7.66. The topological polar surface area (TPSA) is 25.2 Å². The quantitative estimate of drug-likeness (QED) is 0.635. The average molecular weight is 341 g/mol. The lowest BCUT2D eigenvalue weighted by Gasteiger charge is -2.35. The van der Waals surface area contributed by atoms with Crippen molar-refractivity contribution in [3.63, 3.8) is 0 Å². The van der Waals surface area contributed by atoms with Crippen molar-refractivity contribution in [3.8, 4) is 11.3 Å². The SMILES string of the molecule is CCC1=CC=N[N+]1(c1nc(-c2ccc(C)cc2)cs1)C(C)C(C)C. The zero-order valence-corrected chi connectivity index (χ0v) is 16.0. The summed E-state index contributed by atoms with van der Waals surface area (Å²) < 4.78 is 0.532. The summed E-state index contributed by atoms with van der Waals surface area (Å²) in [6.07, 6.45) is 5.09. The molecule has 0 bridgehead atoms. The van der Waals surface area contributed by atoms with Crippen LogP contribution in [-0.2, 0) is 0 Å². The standard InChI is InChI=1S/C20H26N3S/c1-6-18-11-12-21-23(18,16(5)14(2)3)20-22-19(13-24-20)17-9-7-15(4)8-10-17/h7-14,16H,6H2,1-5H3/q+1. The molecule has 1 aromatic carbocycles. The molecule has 0 amide bonds. The minimum atomic E-state index is 0.354. The summed E-state index contributed by atoms with van der Waals surface area (Å²) in [6.45, 7) is 11.1. The minimum Gasteiger partial charge on any atom is -0.183 e. The summed E-state index contributed by atoms with van der Waals surface area (Å²) in [6, 6.07) is 8.93. The molecule has 0 spiro atoms. The molecule has 0 saturated carbocycles. The summed E-state index contributed by atoms with van der Waals surface area (Å²) in [7, 11) is 0. The number of thiazole rings is 1. The summed E-state index contributed by atoms with van der Waals surface area (Å²) >= 11 is 1.72. The van der Waals surface area contributed by atoms with Gasteiger partial charge in [0.1, 0.15) is 11.7 Å². The lowest BCUT2D eigenvalue weighted by Crippen LogP contribution is -2.51. The van der Waals surface area contributed by atoms with Gasteiger partial charge in [-0.25, -0.2) is 0 Å². The first kappa shape index (κ1) is 17.1. The largest absolute Gasteiger partial charge is 0.318 e. The molecule has 24 heavy (non-hydrogen) atoms. The molecule has 0 radical (unpaired) electrons. The molecule has 2 aromatic rings. The highest BCUT2D eigenvalue weighted by Gasteiger charge is 2.47. The van der Waals surface area contributed by atoms with Gasteiger partial charge in [0.15, 0.2) is 0 Å². The van der Waals surface area contributed by atoms with Gasteiger partial charge in [0.2, 0.25) is 0 Å². The van der Waals surface area contributed by atoms with Gasteiger partial charge in [-0.3, -0.25) is 0 Å². The minimum absolute atomic E-state index is 0.354. The molecule has 4 heteroatoms. The smallest absolute Gasteiger partial charge is 0.183 e. The molecule has 2 unspecified atom stereocenters. The Balaban J connectivity index is 2.06. The zero-order chi connectivity index (χ0) is 17.3. The Morgan fingerprint density at radius 1 is 1.12 bits per heavy atom. The predicted octanol–water partition coefficient (Wildman–Crippen LogP) is 5.76. The number of benzene rings is 1. The number of hydrogen-bond donors (Lipinski definition) is 0. The van der Waals surface area contributed by atoms with Crippen LogP contribution in [0.5, 0.6) is 0 Å². The Morgan fingerprint density at radius 2 is 1.83 bits per heavy atom. The van der Waals surface area contributed by atoms with Gasteiger partial charge >= 0.3 is 5.13 Å². The van der Waals surface area contributed by atoms with Gasteiger partial charge in [0, 0.05) is 29.4 Å². The second kappa shape index (κ2) is 6.61. The van der Waals surface area contributed by atoms with Crippen LogP contribution in [0.1, 0.15) is 39.7 Å². The number of rotatable bonds is 5. The number of allylic oxidation sites excluding steroid dienone is 2. The van der Waals surface area contributed by atoms with Crippen molar-refractivity contribution in [3.05, 3.63) is 47.0 Å². The number of nitrogens with zero attached hydrogens (tertiary/aromatic N) is 3. The molecule has 2 heterocycles. The first-order valence-electron chi connectivity index (χ1n) is 8.66. The predicted molar refractivity (Wildman–Crippen MR) is 105 cm³/mol. The zero-order valence-electron chi connectivity index (χ0n) is 15.2.